The van der Waals surface area contributed by atoms with Crippen LogP contribution in [0.1, 0.15) is 81.9 Å². The van der Waals surface area contributed by atoms with Gasteiger partial charge in [0.1, 0.15) is 12.6 Å². The van der Waals surface area contributed by atoms with Crippen LogP contribution in [0.15, 0.2) is 152 Å². The van der Waals surface area contributed by atoms with Gasteiger partial charge >= 0.3 is 0 Å². The highest BCUT2D eigenvalue weighted by molar-refractivity contribution is 5.95. The van der Waals surface area contributed by atoms with Crippen molar-refractivity contribution >= 4 is 12.6 Å². The van der Waals surface area contributed by atoms with Crippen LogP contribution in [0, 0.1) is 20.8 Å². The first-order valence-electron chi connectivity index (χ1n) is 17.6. The van der Waals surface area contributed by atoms with Gasteiger partial charge in [-0.05, 0) is 112 Å². The Morgan fingerprint density at radius 3 is 1.33 bits per heavy atom. The van der Waals surface area contributed by atoms with Gasteiger partial charge in [-0.1, -0.05) is 144 Å². The van der Waals surface area contributed by atoms with E-state index < -0.39 is 10.8 Å². The molecule has 0 aliphatic heterocycles. The molecule has 0 bridgehead atoms. The van der Waals surface area contributed by atoms with E-state index in [4.69, 9.17) is 0 Å². The van der Waals surface area contributed by atoms with Crippen molar-refractivity contribution in [2.24, 2.45) is 0 Å². The van der Waals surface area contributed by atoms with Gasteiger partial charge < -0.3 is 0 Å². The fourth-order valence-electron chi connectivity index (χ4n) is 9.08. The van der Waals surface area contributed by atoms with E-state index in [9.17, 15) is 9.59 Å². The minimum Gasteiger partial charge on any atom is -0.298 e. The Morgan fingerprint density at radius 2 is 0.804 bits per heavy atom. The molecule has 0 N–H and O–H groups in total. The number of carbonyl (C=O) groups is 2. The van der Waals surface area contributed by atoms with Crippen molar-refractivity contribution in [3.8, 4) is 22.3 Å². The molecule has 0 heterocycles. The van der Waals surface area contributed by atoms with Gasteiger partial charge in [-0.3, -0.25) is 9.59 Å². The van der Waals surface area contributed by atoms with Crippen LogP contribution >= 0.6 is 0 Å². The molecule has 0 saturated carbocycles. The predicted molar refractivity (Wildman–Crippen MR) is 206 cm³/mol. The number of carbonyl (C=O) groups excluding carboxylic acids is 2. The van der Waals surface area contributed by atoms with Crippen molar-refractivity contribution in [2.45, 2.75) is 31.6 Å². The average molecular weight is 657 g/mol. The first-order chi connectivity index (χ1) is 24.9. The number of aldehydes is 2. The zero-order chi connectivity index (χ0) is 34.9. The Hall–Kier alpha value is -6.12. The third-order valence-electron chi connectivity index (χ3n) is 11.3. The maximum absolute atomic E-state index is 12.3. The first-order valence-corrected chi connectivity index (χ1v) is 17.6. The number of rotatable bonds is 6. The van der Waals surface area contributed by atoms with Crippen LogP contribution in [0.25, 0.3) is 22.3 Å². The molecule has 2 aliphatic carbocycles. The van der Waals surface area contributed by atoms with Gasteiger partial charge in [-0.15, -0.1) is 0 Å². The van der Waals surface area contributed by atoms with E-state index in [-0.39, 0.29) is 0 Å². The second-order valence-corrected chi connectivity index (χ2v) is 14.3. The fraction of sp³-hybridized carbons (Fsp3) is 0.102. The standard InChI is InChI=1S/C49H36O2/c1-31-14-19-36(20-15-31)48(37-21-16-32(2)17-22-37)45-24-33(3)18-23-41(45)43-28-47-42(27-46(43)48)40-12-4-5-13-44(40)49(47,38-10-6-8-34(25-38)29-50)39-11-7-9-35(26-39)30-51/h4-30H,1-3H3. The maximum atomic E-state index is 12.3. The largest absolute Gasteiger partial charge is 0.298 e. The number of fused-ring (bicyclic) bond motifs is 6. The molecule has 0 saturated heterocycles. The molecular weight excluding hydrogens is 621 g/mol. The summed E-state index contributed by atoms with van der Waals surface area (Å²) in [4.78, 5) is 24.5. The summed E-state index contributed by atoms with van der Waals surface area (Å²) in [5.74, 6) is 0. The molecular formula is C49H36O2. The van der Waals surface area contributed by atoms with Crippen molar-refractivity contribution in [1.82, 2.24) is 0 Å². The highest BCUT2D eigenvalue weighted by atomic mass is 16.1. The summed E-state index contributed by atoms with van der Waals surface area (Å²) >= 11 is 0. The van der Waals surface area contributed by atoms with Crippen LogP contribution in [0.4, 0.5) is 0 Å². The minimum absolute atomic E-state index is 0.553. The highest BCUT2D eigenvalue weighted by Crippen LogP contribution is 2.62. The van der Waals surface area contributed by atoms with Gasteiger partial charge in [0.05, 0.1) is 10.8 Å². The van der Waals surface area contributed by atoms with Gasteiger partial charge in [0, 0.05) is 11.1 Å². The molecule has 2 heteroatoms. The molecule has 51 heavy (non-hydrogen) atoms. The lowest BCUT2D eigenvalue weighted by molar-refractivity contribution is 0.111. The molecule has 0 amide bonds. The number of aryl methyl sites for hydroxylation is 3. The molecule has 0 fully saturated rings. The van der Waals surface area contributed by atoms with Crippen LogP contribution in [0.3, 0.4) is 0 Å². The second-order valence-electron chi connectivity index (χ2n) is 14.3. The SMILES string of the molecule is Cc1ccc(C2(c3ccc(C)cc3)c3cc(C)ccc3-c3cc4c(cc32)-c2ccccc2C4(c2cccc(C=O)c2)c2cccc(C=O)c2)cc1. The van der Waals surface area contributed by atoms with Gasteiger partial charge in [0.15, 0.2) is 0 Å². The summed E-state index contributed by atoms with van der Waals surface area (Å²) in [7, 11) is 0. The van der Waals surface area contributed by atoms with Crippen LogP contribution in [0.5, 0.6) is 0 Å². The Morgan fingerprint density at radius 1 is 0.353 bits per heavy atom. The third kappa shape index (κ3) is 4.29. The van der Waals surface area contributed by atoms with E-state index in [1.165, 1.54) is 50.1 Å². The van der Waals surface area contributed by atoms with E-state index in [2.05, 4.69) is 136 Å². The summed E-state index contributed by atoms with van der Waals surface area (Å²) in [5.41, 5.74) is 17.5. The normalized spacial score (nSPS) is 14.3. The molecule has 0 spiro atoms. The average Bonchev–Trinajstić information content (AvgIpc) is 3.62. The van der Waals surface area contributed by atoms with Crippen LogP contribution in [-0.2, 0) is 10.8 Å². The molecule has 0 radical (unpaired) electrons. The Labute approximate surface area is 299 Å². The molecule has 2 aliphatic rings. The van der Waals surface area contributed by atoms with Gasteiger partial charge in [-0.2, -0.15) is 0 Å². The summed E-state index contributed by atoms with van der Waals surface area (Å²) < 4.78 is 0. The zero-order valence-corrected chi connectivity index (χ0v) is 28.9. The lowest BCUT2D eigenvalue weighted by Gasteiger charge is -2.36. The predicted octanol–water partition coefficient (Wildman–Crippen LogP) is 11.0. The van der Waals surface area contributed by atoms with E-state index in [0.717, 1.165) is 46.0 Å². The number of benzene rings is 7. The summed E-state index contributed by atoms with van der Waals surface area (Å²) in [6, 6.07) is 54.5. The van der Waals surface area contributed by atoms with Gasteiger partial charge in [0.2, 0.25) is 0 Å². The molecule has 7 aromatic rings. The monoisotopic (exact) mass is 656 g/mol. The fourth-order valence-corrected chi connectivity index (χ4v) is 9.08. The number of hydrogen-bond donors (Lipinski definition) is 0. The smallest absolute Gasteiger partial charge is 0.150 e. The molecule has 0 atom stereocenters. The summed E-state index contributed by atoms with van der Waals surface area (Å²) in [6.45, 7) is 6.47. The van der Waals surface area contributed by atoms with Gasteiger partial charge in [-0.25, -0.2) is 0 Å². The molecule has 7 aromatic carbocycles. The Bertz CT molecular complexity index is 2440. The van der Waals surface area contributed by atoms with Crippen molar-refractivity contribution < 1.29 is 9.59 Å². The van der Waals surface area contributed by atoms with Crippen LogP contribution in [0.2, 0.25) is 0 Å². The Balaban J connectivity index is 1.46. The van der Waals surface area contributed by atoms with E-state index in [0.29, 0.717) is 11.1 Å². The topological polar surface area (TPSA) is 34.1 Å². The van der Waals surface area contributed by atoms with Crippen LogP contribution in [-0.4, -0.2) is 12.6 Å². The van der Waals surface area contributed by atoms with Crippen LogP contribution < -0.4 is 0 Å². The number of hydrogen-bond acceptors (Lipinski definition) is 2. The molecule has 0 aromatic heterocycles. The van der Waals surface area contributed by atoms with Gasteiger partial charge in [0.25, 0.3) is 0 Å². The van der Waals surface area contributed by atoms with E-state index >= 15 is 0 Å². The lowest BCUT2D eigenvalue weighted by Crippen LogP contribution is -2.30. The van der Waals surface area contributed by atoms with Crippen molar-refractivity contribution in [3.05, 3.63) is 224 Å². The highest BCUT2D eigenvalue weighted by Gasteiger charge is 2.51. The van der Waals surface area contributed by atoms with Crippen molar-refractivity contribution in [1.29, 1.82) is 0 Å². The maximum Gasteiger partial charge on any atom is 0.150 e. The lowest BCUT2D eigenvalue weighted by atomic mass is 9.65. The quantitative estimate of drug-likeness (QED) is 0.167. The summed E-state index contributed by atoms with van der Waals surface area (Å²) in [5, 5.41) is 0. The molecule has 0 unspecified atom stereocenters. The zero-order valence-electron chi connectivity index (χ0n) is 28.9. The second kappa shape index (κ2) is 11.5. The van der Waals surface area contributed by atoms with E-state index in [1.807, 2.05) is 36.4 Å². The third-order valence-corrected chi connectivity index (χ3v) is 11.3. The molecule has 2 nitrogen and oxygen atoms in total. The first kappa shape index (κ1) is 30.9. The van der Waals surface area contributed by atoms with Crippen molar-refractivity contribution in [3.63, 3.8) is 0 Å². The molecule has 244 valence electrons. The van der Waals surface area contributed by atoms with Crippen molar-refractivity contribution in [2.75, 3.05) is 0 Å². The Kier molecular flexibility index (Phi) is 6.95. The minimum atomic E-state index is -0.775. The van der Waals surface area contributed by atoms with E-state index in [1.54, 1.807) is 0 Å². The summed E-state index contributed by atoms with van der Waals surface area (Å²) in [6.07, 6.45) is 1.83. The molecule has 9 rings (SSSR count).